The van der Waals surface area contributed by atoms with Crippen molar-refractivity contribution in [1.82, 2.24) is 14.1 Å². The molecule has 0 bridgehead atoms. The van der Waals surface area contributed by atoms with E-state index in [9.17, 15) is 18.0 Å². The molecule has 9 heteroatoms. The lowest BCUT2D eigenvalue weighted by atomic mass is 9.84. The molecular weight excluding hydrogens is 390 g/mol. The van der Waals surface area contributed by atoms with Crippen molar-refractivity contribution in [2.45, 2.75) is 24.2 Å². The smallest absolute Gasteiger partial charge is 0.243 e. The maximum absolute atomic E-state index is 12.6. The molecule has 0 spiro atoms. The summed E-state index contributed by atoms with van der Waals surface area (Å²) in [7, 11) is -2.37. The van der Waals surface area contributed by atoms with Crippen molar-refractivity contribution in [2.75, 3.05) is 39.8 Å². The fourth-order valence-corrected chi connectivity index (χ4v) is 4.50. The Hall–Kier alpha value is -1.64. The van der Waals surface area contributed by atoms with Crippen LogP contribution in [0.4, 0.5) is 0 Å². The number of amides is 2. The molecule has 2 fully saturated rings. The van der Waals surface area contributed by atoms with Crippen molar-refractivity contribution in [2.24, 2.45) is 5.92 Å². The van der Waals surface area contributed by atoms with E-state index in [4.69, 9.17) is 11.6 Å². The molecule has 7 nitrogen and oxygen atoms in total. The van der Waals surface area contributed by atoms with Crippen LogP contribution in [0.3, 0.4) is 0 Å². The third kappa shape index (κ3) is 4.44. The van der Waals surface area contributed by atoms with Gasteiger partial charge in [0, 0.05) is 44.2 Å². The van der Waals surface area contributed by atoms with E-state index in [2.05, 4.69) is 0 Å². The lowest BCUT2D eigenvalue weighted by Gasteiger charge is -2.38. The Morgan fingerprint density at radius 2 is 1.63 bits per heavy atom. The fraction of sp³-hybridized carbons (Fsp3) is 0.556. The van der Waals surface area contributed by atoms with Gasteiger partial charge in [-0.05, 0) is 37.1 Å². The van der Waals surface area contributed by atoms with Gasteiger partial charge in [0.1, 0.15) is 0 Å². The number of carbonyl (C=O) groups is 2. The number of carbonyl (C=O) groups excluding carboxylic acids is 2. The average molecular weight is 414 g/mol. The molecule has 3 rings (SSSR count). The minimum atomic E-state index is -3.76. The van der Waals surface area contributed by atoms with E-state index < -0.39 is 10.0 Å². The van der Waals surface area contributed by atoms with E-state index in [1.165, 1.54) is 31.3 Å². The highest BCUT2D eigenvalue weighted by molar-refractivity contribution is 7.89. The van der Waals surface area contributed by atoms with Gasteiger partial charge in [0.25, 0.3) is 0 Å². The van der Waals surface area contributed by atoms with Crippen LogP contribution in [0, 0.1) is 5.92 Å². The van der Waals surface area contributed by atoms with Crippen molar-refractivity contribution in [3.05, 3.63) is 29.3 Å². The monoisotopic (exact) mass is 413 g/mol. The minimum Gasteiger partial charge on any atom is -0.339 e. The summed E-state index contributed by atoms with van der Waals surface area (Å²) >= 11 is 5.80. The van der Waals surface area contributed by atoms with E-state index in [1.807, 2.05) is 4.90 Å². The Balaban J connectivity index is 1.54. The summed E-state index contributed by atoms with van der Waals surface area (Å²) < 4.78 is 26.2. The Kier molecular flexibility index (Phi) is 6.08. The zero-order chi connectivity index (χ0) is 19.6. The van der Waals surface area contributed by atoms with E-state index in [-0.39, 0.29) is 29.2 Å². The lowest BCUT2D eigenvalue weighted by Crippen LogP contribution is -2.54. The van der Waals surface area contributed by atoms with Gasteiger partial charge in [-0.1, -0.05) is 18.0 Å². The molecular formula is C18H24ClN3O4S. The van der Waals surface area contributed by atoms with Gasteiger partial charge in [0.15, 0.2) is 0 Å². The van der Waals surface area contributed by atoms with Crippen molar-refractivity contribution >= 4 is 33.4 Å². The van der Waals surface area contributed by atoms with Crippen LogP contribution in [0.25, 0.3) is 0 Å². The zero-order valence-corrected chi connectivity index (χ0v) is 16.9. The summed E-state index contributed by atoms with van der Waals surface area (Å²) in [6, 6.07) is 5.85. The Bertz CT molecular complexity index is 800. The molecule has 1 aromatic rings. The molecule has 0 unspecified atom stereocenters. The maximum atomic E-state index is 12.6. The third-order valence-corrected chi connectivity index (χ3v) is 7.35. The molecule has 1 aliphatic heterocycles. The first kappa shape index (κ1) is 20.1. The van der Waals surface area contributed by atoms with Crippen LogP contribution in [-0.2, 0) is 19.6 Å². The molecule has 2 aliphatic rings. The molecule has 1 aliphatic carbocycles. The molecule has 1 saturated heterocycles. The predicted molar refractivity (Wildman–Crippen MR) is 102 cm³/mol. The largest absolute Gasteiger partial charge is 0.339 e. The number of nitrogens with zero attached hydrogens (tertiary/aromatic N) is 3. The Morgan fingerprint density at radius 3 is 2.15 bits per heavy atom. The summed E-state index contributed by atoms with van der Waals surface area (Å²) in [6.45, 7) is 1.66. The standard InChI is InChI=1S/C18H24ClN3O4S/c1-20(27(25,26)16-7-5-15(19)6-8-16)13-17(23)21-9-11-22(12-10-21)18(24)14-3-2-4-14/h5-8,14H,2-4,9-13H2,1H3. The van der Waals surface area contributed by atoms with Crippen LogP contribution in [0.5, 0.6) is 0 Å². The molecule has 1 saturated carbocycles. The highest BCUT2D eigenvalue weighted by atomic mass is 35.5. The van der Waals surface area contributed by atoms with Crippen molar-refractivity contribution in [3.8, 4) is 0 Å². The van der Waals surface area contributed by atoms with Gasteiger partial charge in [0.2, 0.25) is 21.8 Å². The minimum absolute atomic E-state index is 0.0955. The number of rotatable bonds is 5. The van der Waals surface area contributed by atoms with Crippen LogP contribution >= 0.6 is 11.6 Å². The van der Waals surface area contributed by atoms with Gasteiger partial charge in [0.05, 0.1) is 11.4 Å². The average Bonchev–Trinajstić information content (AvgIpc) is 2.60. The number of halogens is 1. The van der Waals surface area contributed by atoms with Gasteiger partial charge < -0.3 is 9.80 Å². The molecule has 148 valence electrons. The number of benzene rings is 1. The highest BCUT2D eigenvalue weighted by Gasteiger charge is 2.32. The van der Waals surface area contributed by atoms with E-state index in [0.717, 1.165) is 23.6 Å². The summed E-state index contributed by atoms with van der Waals surface area (Å²) in [5.74, 6) is 0.0875. The summed E-state index contributed by atoms with van der Waals surface area (Å²) in [5, 5.41) is 0.446. The molecule has 1 heterocycles. The molecule has 1 aromatic carbocycles. The van der Waals surface area contributed by atoms with Gasteiger partial charge in [-0.15, -0.1) is 0 Å². The number of hydrogen-bond acceptors (Lipinski definition) is 4. The van der Waals surface area contributed by atoms with Gasteiger partial charge in [-0.25, -0.2) is 8.42 Å². The van der Waals surface area contributed by atoms with Crippen molar-refractivity contribution in [1.29, 1.82) is 0 Å². The second-order valence-electron chi connectivity index (χ2n) is 7.05. The Labute approximate surface area is 164 Å². The fourth-order valence-electron chi connectivity index (χ4n) is 3.25. The first-order valence-electron chi connectivity index (χ1n) is 9.07. The molecule has 0 radical (unpaired) electrons. The van der Waals surface area contributed by atoms with Crippen LogP contribution < -0.4 is 0 Å². The van der Waals surface area contributed by atoms with Gasteiger partial charge in [-0.2, -0.15) is 4.31 Å². The normalized spacial score (nSPS) is 18.5. The topological polar surface area (TPSA) is 78.0 Å². The molecule has 0 atom stereocenters. The summed E-state index contributed by atoms with van der Waals surface area (Å²) in [6.07, 6.45) is 3.04. The molecule has 0 aromatic heterocycles. The molecule has 27 heavy (non-hydrogen) atoms. The second kappa shape index (κ2) is 8.16. The zero-order valence-electron chi connectivity index (χ0n) is 15.3. The second-order valence-corrected chi connectivity index (χ2v) is 9.53. The lowest BCUT2D eigenvalue weighted by molar-refractivity contribution is -0.144. The van der Waals surface area contributed by atoms with Gasteiger partial charge >= 0.3 is 0 Å². The Morgan fingerprint density at radius 1 is 1.07 bits per heavy atom. The van der Waals surface area contributed by atoms with Crippen molar-refractivity contribution in [3.63, 3.8) is 0 Å². The predicted octanol–water partition coefficient (Wildman–Crippen LogP) is 1.43. The van der Waals surface area contributed by atoms with Crippen molar-refractivity contribution < 1.29 is 18.0 Å². The number of likely N-dealkylation sites (N-methyl/N-ethyl adjacent to an activating group) is 1. The van der Waals surface area contributed by atoms with E-state index in [0.29, 0.717) is 31.2 Å². The summed E-state index contributed by atoms with van der Waals surface area (Å²) in [4.78, 5) is 28.3. The first-order valence-corrected chi connectivity index (χ1v) is 10.9. The number of piperazine rings is 1. The number of sulfonamides is 1. The maximum Gasteiger partial charge on any atom is 0.243 e. The van der Waals surface area contributed by atoms with Crippen LogP contribution in [0.1, 0.15) is 19.3 Å². The highest BCUT2D eigenvalue weighted by Crippen LogP contribution is 2.28. The summed E-state index contributed by atoms with van der Waals surface area (Å²) in [5.41, 5.74) is 0. The number of hydrogen-bond donors (Lipinski definition) is 0. The molecule has 2 amide bonds. The van der Waals surface area contributed by atoms with Crippen LogP contribution in [0.2, 0.25) is 5.02 Å². The quantitative estimate of drug-likeness (QED) is 0.731. The van der Waals surface area contributed by atoms with Gasteiger partial charge in [-0.3, -0.25) is 9.59 Å². The van der Waals surface area contributed by atoms with E-state index in [1.54, 1.807) is 4.90 Å². The van der Waals surface area contributed by atoms with Crippen LogP contribution in [0.15, 0.2) is 29.2 Å². The SMILES string of the molecule is CN(CC(=O)N1CCN(C(=O)C2CCC2)CC1)S(=O)(=O)c1ccc(Cl)cc1. The first-order chi connectivity index (χ1) is 12.8. The molecule has 0 N–H and O–H groups in total. The van der Waals surface area contributed by atoms with E-state index >= 15 is 0 Å². The third-order valence-electron chi connectivity index (χ3n) is 5.28. The van der Waals surface area contributed by atoms with Crippen LogP contribution in [-0.4, -0.2) is 74.1 Å².